The van der Waals surface area contributed by atoms with Crippen LogP contribution in [0.2, 0.25) is 0 Å². The number of allylic oxidation sites excluding steroid dienone is 2. The molecule has 6 rings (SSSR count). The number of halogens is 1. The lowest BCUT2D eigenvalue weighted by Gasteiger charge is -2.35. The molecule has 0 amide bonds. The van der Waals surface area contributed by atoms with Gasteiger partial charge in [0.1, 0.15) is 17.1 Å². The molecule has 1 aromatic rings. The van der Waals surface area contributed by atoms with Gasteiger partial charge in [0.15, 0.2) is 23.7 Å². The number of piperazine rings is 1. The topological polar surface area (TPSA) is 24.9 Å². The minimum absolute atomic E-state index is 0.495. The van der Waals surface area contributed by atoms with E-state index in [4.69, 9.17) is 9.47 Å². The van der Waals surface area contributed by atoms with Crippen LogP contribution in [0.15, 0.2) is 41.4 Å². The van der Waals surface area contributed by atoms with E-state index in [1.807, 2.05) is 12.1 Å². The van der Waals surface area contributed by atoms with Crippen molar-refractivity contribution < 1.29 is 13.9 Å². The summed E-state index contributed by atoms with van der Waals surface area (Å²) >= 11 is 0. The molecule has 5 aliphatic rings. The molecule has 4 heterocycles. The number of quaternary nitrogens is 1. The Morgan fingerprint density at radius 2 is 1.90 bits per heavy atom. The summed E-state index contributed by atoms with van der Waals surface area (Å²) in [5.74, 6) is 1.68. The molecule has 3 fully saturated rings. The highest BCUT2D eigenvalue weighted by Gasteiger charge is 2.64. The highest BCUT2D eigenvalue weighted by molar-refractivity contribution is 5.72. The van der Waals surface area contributed by atoms with Gasteiger partial charge in [0.05, 0.1) is 0 Å². The Balaban J connectivity index is 1.32. The molecule has 1 aliphatic carbocycles. The Labute approximate surface area is 177 Å². The van der Waals surface area contributed by atoms with E-state index in [0.29, 0.717) is 17.4 Å². The minimum atomic E-state index is -2.07. The SMILES string of the molecule is CCCN1CCN(C2=C3C[N+]3(c3ccc4c(c3)OC(C)(F)O4)C(C3CCC3)=C2)CC1. The van der Waals surface area contributed by atoms with Crippen LogP contribution < -0.4 is 14.0 Å². The van der Waals surface area contributed by atoms with Crippen molar-refractivity contribution in [1.82, 2.24) is 14.3 Å². The molecule has 6 heteroatoms. The van der Waals surface area contributed by atoms with Crippen LogP contribution in [0.4, 0.5) is 10.1 Å². The summed E-state index contributed by atoms with van der Waals surface area (Å²) in [4.78, 5) is 5.17. The molecule has 1 saturated carbocycles. The van der Waals surface area contributed by atoms with Crippen molar-refractivity contribution >= 4 is 5.69 Å². The lowest BCUT2D eigenvalue weighted by atomic mass is 9.82. The number of alkyl halides is 1. The van der Waals surface area contributed by atoms with Crippen LogP contribution in [0, 0.1) is 5.92 Å². The van der Waals surface area contributed by atoms with Gasteiger partial charge in [-0.1, -0.05) is 13.3 Å². The third-order valence-corrected chi connectivity index (χ3v) is 7.49. The van der Waals surface area contributed by atoms with E-state index >= 15 is 0 Å². The largest absolute Gasteiger partial charge is 0.423 e. The van der Waals surface area contributed by atoms with Crippen molar-refractivity contribution in [3.8, 4) is 11.5 Å². The third-order valence-electron chi connectivity index (χ3n) is 7.49. The van der Waals surface area contributed by atoms with Crippen LogP contribution in [0.1, 0.15) is 39.5 Å². The van der Waals surface area contributed by atoms with Crippen LogP contribution in [0.5, 0.6) is 11.5 Å². The van der Waals surface area contributed by atoms with Crippen LogP contribution in [-0.2, 0) is 0 Å². The normalized spacial score (nSPS) is 32.9. The van der Waals surface area contributed by atoms with Crippen LogP contribution in [0.25, 0.3) is 0 Å². The highest BCUT2D eigenvalue weighted by atomic mass is 19.2. The molecular weight excluding hydrogens is 381 g/mol. The first kappa shape index (κ1) is 18.7. The van der Waals surface area contributed by atoms with Gasteiger partial charge in [0.2, 0.25) is 0 Å². The van der Waals surface area contributed by atoms with Crippen molar-refractivity contribution in [3.05, 3.63) is 41.4 Å². The summed E-state index contributed by atoms with van der Waals surface area (Å²) < 4.78 is 25.7. The number of rotatable bonds is 5. The van der Waals surface area contributed by atoms with Crippen LogP contribution >= 0.6 is 0 Å². The summed E-state index contributed by atoms with van der Waals surface area (Å²) in [6, 6.07) is 3.91. The zero-order valence-corrected chi connectivity index (χ0v) is 18.0. The maximum absolute atomic E-state index is 14.2. The third kappa shape index (κ3) is 2.73. The molecule has 2 saturated heterocycles. The average Bonchev–Trinajstić information content (AvgIpc) is 3.23. The van der Waals surface area contributed by atoms with Gasteiger partial charge in [0.25, 0.3) is 0 Å². The van der Waals surface area contributed by atoms with Crippen molar-refractivity contribution in [3.63, 3.8) is 0 Å². The molecule has 0 radical (unpaired) electrons. The van der Waals surface area contributed by atoms with Gasteiger partial charge < -0.3 is 14.4 Å². The molecule has 2 atom stereocenters. The molecule has 5 nitrogen and oxygen atoms in total. The highest BCUT2D eigenvalue weighted by Crippen LogP contribution is 2.59. The molecule has 2 unspecified atom stereocenters. The maximum Gasteiger partial charge on any atom is 0.404 e. The summed E-state index contributed by atoms with van der Waals surface area (Å²) in [6.07, 6.45) is 7.60. The molecule has 160 valence electrons. The van der Waals surface area contributed by atoms with Gasteiger partial charge in [-0.05, 0) is 31.9 Å². The molecule has 0 N–H and O–H groups in total. The van der Waals surface area contributed by atoms with Gasteiger partial charge in [-0.3, -0.25) is 4.90 Å². The number of hydrogen-bond donors (Lipinski definition) is 0. The number of hydrogen-bond acceptors (Lipinski definition) is 4. The molecule has 4 aliphatic heterocycles. The van der Waals surface area contributed by atoms with E-state index in [1.54, 1.807) is 0 Å². The first-order chi connectivity index (χ1) is 14.5. The summed E-state index contributed by atoms with van der Waals surface area (Å²) in [5.41, 5.74) is 5.66. The average molecular weight is 413 g/mol. The molecule has 30 heavy (non-hydrogen) atoms. The summed E-state index contributed by atoms with van der Waals surface area (Å²) in [7, 11) is 0. The zero-order chi connectivity index (χ0) is 20.5. The number of fused-ring (bicyclic) bond motifs is 2. The van der Waals surface area contributed by atoms with E-state index in [0.717, 1.165) is 37.2 Å². The molecule has 0 aromatic heterocycles. The molecule has 0 spiro atoms. The second-order valence-corrected chi connectivity index (χ2v) is 9.50. The lowest BCUT2D eigenvalue weighted by molar-refractivity contribution is -0.173. The molecule has 1 aromatic carbocycles. The van der Waals surface area contributed by atoms with E-state index in [1.165, 1.54) is 61.9 Å². The Hall–Kier alpha value is -2.05. The fourth-order valence-electron chi connectivity index (χ4n) is 5.69. The summed E-state index contributed by atoms with van der Waals surface area (Å²) in [5, 5.41) is 0. The van der Waals surface area contributed by atoms with Gasteiger partial charge in [-0.25, -0.2) is 4.48 Å². The van der Waals surface area contributed by atoms with Gasteiger partial charge in [-0.15, -0.1) is 0 Å². The minimum Gasteiger partial charge on any atom is -0.423 e. The van der Waals surface area contributed by atoms with Crippen molar-refractivity contribution in [2.45, 2.75) is 45.6 Å². The molecular formula is C24H31FN3O2+. The van der Waals surface area contributed by atoms with Crippen LogP contribution in [0.3, 0.4) is 0 Å². The Kier molecular flexibility index (Phi) is 4.03. The lowest BCUT2D eigenvalue weighted by Crippen LogP contribution is -2.45. The fourth-order valence-corrected chi connectivity index (χ4v) is 5.69. The van der Waals surface area contributed by atoms with E-state index in [2.05, 4.69) is 28.9 Å². The number of benzene rings is 1. The first-order valence-corrected chi connectivity index (χ1v) is 11.5. The number of nitrogens with zero attached hydrogens (tertiary/aromatic N) is 3. The quantitative estimate of drug-likeness (QED) is 0.530. The van der Waals surface area contributed by atoms with Crippen LogP contribution in [-0.4, -0.2) is 55.1 Å². The Bertz CT molecular complexity index is 944. The smallest absolute Gasteiger partial charge is 0.404 e. The van der Waals surface area contributed by atoms with Crippen molar-refractivity contribution in [2.24, 2.45) is 5.92 Å². The monoisotopic (exact) mass is 412 g/mol. The predicted octanol–water partition coefficient (Wildman–Crippen LogP) is 4.36. The van der Waals surface area contributed by atoms with E-state index in [9.17, 15) is 4.39 Å². The number of ether oxygens (including phenoxy) is 2. The Morgan fingerprint density at radius 1 is 1.13 bits per heavy atom. The van der Waals surface area contributed by atoms with Crippen molar-refractivity contribution in [1.29, 1.82) is 0 Å². The molecule has 0 bridgehead atoms. The van der Waals surface area contributed by atoms with E-state index in [-0.39, 0.29) is 0 Å². The van der Waals surface area contributed by atoms with Crippen molar-refractivity contribution in [2.75, 3.05) is 39.3 Å². The first-order valence-electron chi connectivity index (χ1n) is 11.5. The zero-order valence-electron chi connectivity index (χ0n) is 18.0. The second kappa shape index (κ2) is 6.47. The standard InChI is InChI=1S/C24H31FN3O2/c1-3-9-26-10-12-27(13-11-26)19-15-20(17-5-4-6-17)28(16-21(19)28)18-7-8-22-23(14-18)30-24(2,25)29-22/h7-8,14-15,17H,3-6,9-13,16H2,1-2H3/q+1. The van der Waals surface area contributed by atoms with Gasteiger partial charge in [-0.2, -0.15) is 4.39 Å². The Morgan fingerprint density at radius 3 is 2.60 bits per heavy atom. The van der Waals surface area contributed by atoms with Gasteiger partial charge >= 0.3 is 6.04 Å². The van der Waals surface area contributed by atoms with Gasteiger partial charge in [0, 0.05) is 57.2 Å². The maximum atomic E-state index is 14.2. The fraction of sp³-hybridized carbons (Fsp3) is 0.583. The summed E-state index contributed by atoms with van der Waals surface area (Å²) in [6.45, 7) is 10.3. The predicted molar refractivity (Wildman–Crippen MR) is 115 cm³/mol. The van der Waals surface area contributed by atoms with E-state index < -0.39 is 6.04 Å². The second-order valence-electron chi connectivity index (χ2n) is 9.50.